The number of ether oxygens (including phenoxy) is 3. The van der Waals surface area contributed by atoms with Gasteiger partial charge in [0.1, 0.15) is 23.2 Å². The summed E-state index contributed by atoms with van der Waals surface area (Å²) in [7, 11) is 4.70. The minimum Gasteiger partial charge on any atom is -0.497 e. The van der Waals surface area contributed by atoms with E-state index in [1.54, 1.807) is 43.4 Å². The van der Waals surface area contributed by atoms with E-state index in [-0.39, 0.29) is 18.4 Å². The zero-order valence-corrected chi connectivity index (χ0v) is 19.8. The van der Waals surface area contributed by atoms with Crippen LogP contribution in [-0.4, -0.2) is 60.6 Å². The van der Waals surface area contributed by atoms with Crippen LogP contribution in [0.15, 0.2) is 24.3 Å². The van der Waals surface area contributed by atoms with Crippen molar-refractivity contribution in [3.63, 3.8) is 0 Å². The molecule has 10 heteroatoms. The Morgan fingerprint density at radius 1 is 1.15 bits per heavy atom. The number of carbonyl (C=O) groups is 2. The molecule has 0 bridgehead atoms. The van der Waals surface area contributed by atoms with Crippen LogP contribution in [-0.2, 0) is 16.1 Å². The lowest BCUT2D eigenvalue weighted by Crippen LogP contribution is -2.43. The number of likely N-dealkylation sites (tertiary alicyclic amines) is 1. The van der Waals surface area contributed by atoms with E-state index in [4.69, 9.17) is 14.2 Å². The second-order valence-corrected chi connectivity index (χ2v) is 8.69. The predicted molar refractivity (Wildman–Crippen MR) is 125 cm³/mol. The van der Waals surface area contributed by atoms with E-state index in [1.165, 1.54) is 18.4 Å². The van der Waals surface area contributed by atoms with Gasteiger partial charge < -0.3 is 24.4 Å². The fourth-order valence-corrected chi connectivity index (χ4v) is 5.15. The molecule has 0 saturated carbocycles. The van der Waals surface area contributed by atoms with Crippen LogP contribution in [0.1, 0.15) is 33.9 Å². The highest BCUT2D eigenvalue weighted by atomic mass is 32.1. The van der Waals surface area contributed by atoms with Gasteiger partial charge in [-0.15, -0.1) is 11.3 Å². The fraction of sp³-hybridized carbons (Fsp3) is 0.391. The molecule has 1 aromatic carbocycles. The summed E-state index contributed by atoms with van der Waals surface area (Å²) in [5.41, 5.74) is 1.41. The number of aryl methyl sites for hydroxylation is 1. The number of thiophene rings is 1. The van der Waals surface area contributed by atoms with Crippen LogP contribution >= 0.6 is 11.3 Å². The minimum atomic E-state index is -0.541. The van der Waals surface area contributed by atoms with Crippen LogP contribution in [0.5, 0.6) is 11.6 Å². The van der Waals surface area contributed by atoms with Gasteiger partial charge in [0.25, 0.3) is 5.91 Å². The number of carbonyl (C=O) groups excluding carboxylic acids is 2. The van der Waals surface area contributed by atoms with Crippen molar-refractivity contribution in [2.45, 2.75) is 32.4 Å². The smallest absolute Gasteiger partial charge is 0.264 e. The normalized spacial score (nSPS) is 15.6. The maximum Gasteiger partial charge on any atom is 0.264 e. The molecule has 33 heavy (non-hydrogen) atoms. The van der Waals surface area contributed by atoms with Crippen molar-refractivity contribution in [3.05, 3.63) is 40.5 Å². The first kappa shape index (κ1) is 22.9. The number of fused-ring (bicyclic) bond motifs is 1. The van der Waals surface area contributed by atoms with E-state index in [9.17, 15) is 9.59 Å². The van der Waals surface area contributed by atoms with E-state index < -0.39 is 6.04 Å². The lowest BCUT2D eigenvalue weighted by Gasteiger charge is -2.23. The molecule has 1 aliphatic heterocycles. The van der Waals surface area contributed by atoms with Gasteiger partial charge in [-0.2, -0.15) is 4.98 Å². The number of methoxy groups -OCH3 is 3. The van der Waals surface area contributed by atoms with Crippen molar-refractivity contribution in [2.24, 2.45) is 0 Å². The Morgan fingerprint density at radius 3 is 2.58 bits per heavy atom. The maximum absolute atomic E-state index is 13.5. The van der Waals surface area contributed by atoms with E-state index in [0.29, 0.717) is 51.2 Å². The summed E-state index contributed by atoms with van der Waals surface area (Å²) in [4.78, 5) is 38.3. The van der Waals surface area contributed by atoms with Crippen molar-refractivity contribution in [2.75, 3.05) is 33.2 Å². The van der Waals surface area contributed by atoms with Crippen molar-refractivity contribution < 1.29 is 23.8 Å². The minimum absolute atomic E-state index is 0.182. The molecule has 2 amide bonds. The van der Waals surface area contributed by atoms with Gasteiger partial charge in [0.05, 0.1) is 24.5 Å². The number of nitrogens with zero attached hydrogens (tertiary/aromatic N) is 3. The molecule has 9 nitrogen and oxygen atoms in total. The number of benzene rings is 1. The standard InChI is InChI=1S/C23H26N4O5S/c1-13-18-21(32-4)25-17(12-30-2)26-22(18)33-19(13)23(29)27-11-5-6-16(27)20(28)24-14-7-9-15(31-3)10-8-14/h7-10,16H,5-6,11-12H2,1-4H3,(H,24,28). The summed E-state index contributed by atoms with van der Waals surface area (Å²) in [5.74, 6) is 1.22. The topological polar surface area (TPSA) is 103 Å². The molecule has 1 fully saturated rings. The first-order valence-corrected chi connectivity index (χ1v) is 11.4. The van der Waals surface area contributed by atoms with Gasteiger partial charge in [0.2, 0.25) is 11.8 Å². The molecule has 0 aliphatic carbocycles. The second-order valence-electron chi connectivity index (χ2n) is 7.69. The van der Waals surface area contributed by atoms with Crippen LogP contribution < -0.4 is 14.8 Å². The molecule has 1 aliphatic rings. The molecule has 1 N–H and O–H groups in total. The number of aromatic nitrogens is 2. The monoisotopic (exact) mass is 470 g/mol. The van der Waals surface area contributed by atoms with E-state index >= 15 is 0 Å². The van der Waals surface area contributed by atoms with Crippen molar-refractivity contribution >= 4 is 39.1 Å². The Morgan fingerprint density at radius 2 is 1.91 bits per heavy atom. The lowest BCUT2D eigenvalue weighted by molar-refractivity contribution is -0.119. The van der Waals surface area contributed by atoms with Crippen LogP contribution in [0.25, 0.3) is 10.2 Å². The molecule has 1 unspecified atom stereocenters. The number of anilines is 1. The summed E-state index contributed by atoms with van der Waals surface area (Å²) in [5, 5.41) is 3.62. The molecule has 0 spiro atoms. The Labute approximate surface area is 195 Å². The van der Waals surface area contributed by atoms with E-state index in [0.717, 1.165) is 12.0 Å². The summed E-state index contributed by atoms with van der Waals surface area (Å²) in [6.45, 7) is 2.62. The molecule has 1 atom stereocenters. The first-order valence-electron chi connectivity index (χ1n) is 10.6. The highest BCUT2D eigenvalue weighted by Gasteiger charge is 2.36. The molecular weight excluding hydrogens is 444 g/mol. The third kappa shape index (κ3) is 4.49. The van der Waals surface area contributed by atoms with Gasteiger partial charge in [0, 0.05) is 19.3 Å². The molecule has 2 aromatic heterocycles. The Kier molecular flexibility index (Phi) is 6.75. The van der Waals surface area contributed by atoms with Crippen molar-refractivity contribution in [1.82, 2.24) is 14.9 Å². The highest BCUT2D eigenvalue weighted by molar-refractivity contribution is 7.20. The summed E-state index contributed by atoms with van der Waals surface area (Å²) < 4.78 is 15.8. The average Bonchev–Trinajstić information content (AvgIpc) is 3.44. The van der Waals surface area contributed by atoms with E-state index in [2.05, 4.69) is 15.3 Å². The van der Waals surface area contributed by atoms with Crippen molar-refractivity contribution in [3.8, 4) is 11.6 Å². The predicted octanol–water partition coefficient (Wildman–Crippen LogP) is 3.41. The molecule has 4 rings (SSSR count). The third-order valence-electron chi connectivity index (χ3n) is 5.64. The molecule has 1 saturated heterocycles. The van der Waals surface area contributed by atoms with Crippen LogP contribution in [0.2, 0.25) is 0 Å². The number of hydrogen-bond donors (Lipinski definition) is 1. The van der Waals surface area contributed by atoms with Gasteiger partial charge in [-0.25, -0.2) is 4.98 Å². The zero-order valence-electron chi connectivity index (χ0n) is 19.0. The second kappa shape index (κ2) is 9.72. The van der Waals surface area contributed by atoms with Gasteiger partial charge in [0.15, 0.2) is 5.82 Å². The van der Waals surface area contributed by atoms with Crippen molar-refractivity contribution in [1.29, 1.82) is 0 Å². The average molecular weight is 471 g/mol. The first-order chi connectivity index (χ1) is 16.0. The summed E-state index contributed by atoms with van der Waals surface area (Å²) in [6, 6.07) is 6.56. The largest absolute Gasteiger partial charge is 0.497 e. The SMILES string of the molecule is COCc1nc(OC)c2c(C)c(C(=O)N3CCCC3C(=O)Nc3ccc(OC)cc3)sc2n1. The van der Waals surface area contributed by atoms with Gasteiger partial charge in [-0.1, -0.05) is 0 Å². The Balaban J connectivity index is 1.59. The van der Waals surface area contributed by atoms with E-state index in [1.807, 2.05) is 6.92 Å². The number of amides is 2. The molecule has 3 aromatic rings. The Hall–Kier alpha value is -3.24. The molecule has 174 valence electrons. The van der Waals surface area contributed by atoms with Gasteiger partial charge in [-0.3, -0.25) is 9.59 Å². The lowest BCUT2D eigenvalue weighted by atomic mass is 10.1. The maximum atomic E-state index is 13.5. The molecule has 0 radical (unpaired) electrons. The van der Waals surface area contributed by atoms with Crippen LogP contribution in [0, 0.1) is 6.92 Å². The molecule has 3 heterocycles. The number of nitrogens with one attached hydrogen (secondary N) is 1. The summed E-state index contributed by atoms with van der Waals surface area (Å²) in [6.07, 6.45) is 1.37. The van der Waals surface area contributed by atoms with Gasteiger partial charge in [-0.05, 0) is 49.6 Å². The van der Waals surface area contributed by atoms with Gasteiger partial charge >= 0.3 is 0 Å². The summed E-state index contributed by atoms with van der Waals surface area (Å²) >= 11 is 1.29. The van der Waals surface area contributed by atoms with Crippen LogP contribution in [0.3, 0.4) is 0 Å². The third-order valence-corrected chi connectivity index (χ3v) is 6.81. The quantitative estimate of drug-likeness (QED) is 0.564. The number of rotatable bonds is 7. The molecular formula is C23H26N4O5S. The highest BCUT2D eigenvalue weighted by Crippen LogP contribution is 2.36. The fourth-order valence-electron chi connectivity index (χ4n) is 4.00. The Bertz CT molecular complexity index is 1180. The zero-order chi connectivity index (χ0) is 23.5. The number of hydrogen-bond acceptors (Lipinski definition) is 8. The van der Waals surface area contributed by atoms with Crippen LogP contribution in [0.4, 0.5) is 5.69 Å².